The molecule has 0 saturated heterocycles. The van der Waals surface area contributed by atoms with E-state index in [9.17, 15) is 0 Å². The van der Waals surface area contributed by atoms with Crippen molar-refractivity contribution in [3.05, 3.63) is 67.6 Å². The molecule has 0 aliphatic rings. The molecule has 5 heteroatoms. The van der Waals surface area contributed by atoms with Crippen molar-refractivity contribution < 1.29 is 5.32 Å². The monoisotopic (exact) mass is 334 g/mol. The molecule has 0 aliphatic heterocycles. The van der Waals surface area contributed by atoms with Gasteiger partial charge in [0.2, 0.25) is 0 Å². The van der Waals surface area contributed by atoms with Crippen molar-refractivity contribution >= 4 is 46.4 Å². The lowest BCUT2D eigenvalue weighted by atomic mass is 10.2. The van der Waals surface area contributed by atoms with Crippen LogP contribution < -0.4 is 5.32 Å². The van der Waals surface area contributed by atoms with Crippen LogP contribution in [0.3, 0.4) is 0 Å². The van der Waals surface area contributed by atoms with Gasteiger partial charge in [0.25, 0.3) is 0 Å². The maximum Gasteiger partial charge on any atom is 0.102 e. The predicted octanol–water partition coefficient (Wildman–Crippen LogP) is 4.56. The highest BCUT2D eigenvalue weighted by atomic mass is 35.5. The van der Waals surface area contributed by atoms with Crippen LogP contribution in [0, 0.1) is 0 Å². The lowest BCUT2D eigenvalue weighted by Gasteiger charge is -2.05. The fourth-order valence-electron chi connectivity index (χ4n) is 1.74. The van der Waals surface area contributed by atoms with Crippen LogP contribution in [0.25, 0.3) is 0 Å². The van der Waals surface area contributed by atoms with Crippen molar-refractivity contribution in [3.8, 4) is 0 Å². The van der Waals surface area contributed by atoms with E-state index in [-0.39, 0.29) is 0 Å². The summed E-state index contributed by atoms with van der Waals surface area (Å²) in [5.41, 5.74) is 2.27. The van der Waals surface area contributed by atoms with Crippen molar-refractivity contribution in [1.29, 1.82) is 0 Å². The number of quaternary nitrogens is 1. The van der Waals surface area contributed by atoms with Crippen molar-refractivity contribution in [2.45, 2.75) is 13.1 Å². The van der Waals surface area contributed by atoms with Crippen LogP contribution in [0.1, 0.15) is 11.1 Å². The van der Waals surface area contributed by atoms with Gasteiger partial charge in [-0.2, -0.15) is 0 Å². The number of halogens is 4. The fraction of sp³-hybridized carbons (Fsp3) is 0.143. The maximum atomic E-state index is 5.97. The highest BCUT2D eigenvalue weighted by Gasteiger charge is 2.03. The summed E-state index contributed by atoms with van der Waals surface area (Å²) in [5.74, 6) is 0. The average Bonchev–Trinajstić information content (AvgIpc) is 2.38. The molecule has 2 N–H and O–H groups in total. The molecule has 2 aromatic rings. The molecule has 0 unspecified atom stereocenters. The minimum absolute atomic E-state index is 0.579. The zero-order valence-corrected chi connectivity index (χ0v) is 13.0. The second-order valence-corrected chi connectivity index (χ2v) is 5.82. The van der Waals surface area contributed by atoms with Gasteiger partial charge < -0.3 is 5.32 Å². The Hall–Kier alpha value is -0.440. The van der Waals surface area contributed by atoms with Gasteiger partial charge in [-0.25, -0.2) is 0 Å². The topological polar surface area (TPSA) is 16.6 Å². The lowest BCUT2D eigenvalue weighted by molar-refractivity contribution is -0.686. The largest absolute Gasteiger partial charge is 0.339 e. The second-order valence-electron chi connectivity index (χ2n) is 4.19. The number of hydrogen-bond acceptors (Lipinski definition) is 0. The zero-order valence-electron chi connectivity index (χ0n) is 9.97. The first-order valence-electron chi connectivity index (χ1n) is 5.76. The SMILES string of the molecule is Clc1ccc(C[NH2+]Cc2ccc(Cl)c(Cl)c2)cc1Cl. The standard InChI is InChI=1S/C14H11Cl4N/c15-11-3-1-9(5-13(11)17)7-19-8-10-2-4-12(16)14(18)6-10/h1-6,19H,7-8H2/p+1. The molecule has 0 spiro atoms. The Labute approximate surface area is 132 Å². The highest BCUT2D eigenvalue weighted by Crippen LogP contribution is 2.23. The molecule has 100 valence electrons. The zero-order chi connectivity index (χ0) is 13.8. The molecule has 0 bridgehead atoms. The van der Waals surface area contributed by atoms with E-state index < -0.39 is 0 Å². The molecule has 0 aromatic heterocycles. The molecule has 0 radical (unpaired) electrons. The van der Waals surface area contributed by atoms with E-state index in [1.807, 2.05) is 36.4 Å². The Bertz CT molecular complexity index is 532. The van der Waals surface area contributed by atoms with E-state index in [0.29, 0.717) is 20.1 Å². The lowest BCUT2D eigenvalue weighted by Crippen LogP contribution is -2.80. The molecule has 2 rings (SSSR count). The molecule has 0 fully saturated rings. The van der Waals surface area contributed by atoms with Crippen LogP contribution in [0.4, 0.5) is 0 Å². The molecule has 0 amide bonds. The fourth-order valence-corrected chi connectivity index (χ4v) is 2.38. The third kappa shape index (κ3) is 4.27. The molecule has 0 atom stereocenters. The van der Waals surface area contributed by atoms with Gasteiger partial charge in [0.1, 0.15) is 13.1 Å². The Balaban J connectivity index is 1.92. The normalized spacial score (nSPS) is 10.7. The van der Waals surface area contributed by atoms with Gasteiger partial charge in [-0.3, -0.25) is 0 Å². The average molecular weight is 336 g/mol. The minimum atomic E-state index is 0.579. The summed E-state index contributed by atoms with van der Waals surface area (Å²) >= 11 is 23.7. The first kappa shape index (κ1) is 15.0. The van der Waals surface area contributed by atoms with Gasteiger partial charge >= 0.3 is 0 Å². The number of benzene rings is 2. The van der Waals surface area contributed by atoms with E-state index in [1.165, 1.54) is 0 Å². The van der Waals surface area contributed by atoms with E-state index >= 15 is 0 Å². The second kappa shape index (κ2) is 6.83. The van der Waals surface area contributed by atoms with E-state index in [1.54, 1.807) is 0 Å². The molecule has 0 aliphatic carbocycles. The predicted molar refractivity (Wildman–Crippen MR) is 82.3 cm³/mol. The number of nitrogens with two attached hydrogens (primary N) is 1. The maximum absolute atomic E-state index is 5.97. The van der Waals surface area contributed by atoms with E-state index in [0.717, 1.165) is 24.2 Å². The third-order valence-electron chi connectivity index (χ3n) is 2.73. The van der Waals surface area contributed by atoms with Crippen LogP contribution in [0.5, 0.6) is 0 Å². The number of hydrogen-bond donors (Lipinski definition) is 1. The molecule has 19 heavy (non-hydrogen) atoms. The molecule has 2 aromatic carbocycles. The first-order chi connectivity index (χ1) is 9.06. The van der Waals surface area contributed by atoms with E-state index in [4.69, 9.17) is 46.4 Å². The number of rotatable bonds is 4. The van der Waals surface area contributed by atoms with Gasteiger partial charge in [0.15, 0.2) is 0 Å². The van der Waals surface area contributed by atoms with Crippen LogP contribution in [-0.4, -0.2) is 0 Å². The summed E-state index contributed by atoms with van der Waals surface area (Å²) in [7, 11) is 0. The van der Waals surface area contributed by atoms with Gasteiger partial charge in [-0.15, -0.1) is 0 Å². The summed E-state index contributed by atoms with van der Waals surface area (Å²) in [6.45, 7) is 1.66. The molecular formula is C14H12Cl4N+. The van der Waals surface area contributed by atoms with Crippen molar-refractivity contribution in [2.75, 3.05) is 0 Å². The summed E-state index contributed by atoms with van der Waals surface area (Å²) < 4.78 is 0. The van der Waals surface area contributed by atoms with Crippen molar-refractivity contribution in [1.82, 2.24) is 0 Å². The van der Waals surface area contributed by atoms with Crippen LogP contribution in [0.2, 0.25) is 20.1 Å². The molecular weight excluding hydrogens is 324 g/mol. The van der Waals surface area contributed by atoms with Crippen LogP contribution in [-0.2, 0) is 13.1 Å². The Morgan fingerprint density at radius 2 is 1.05 bits per heavy atom. The molecule has 0 saturated carbocycles. The van der Waals surface area contributed by atoms with Gasteiger partial charge in [-0.1, -0.05) is 58.5 Å². The summed E-state index contributed by atoms with van der Waals surface area (Å²) in [5, 5.41) is 4.49. The van der Waals surface area contributed by atoms with E-state index in [2.05, 4.69) is 5.32 Å². The molecule has 0 heterocycles. The quantitative estimate of drug-likeness (QED) is 0.843. The third-order valence-corrected chi connectivity index (χ3v) is 4.21. The van der Waals surface area contributed by atoms with Crippen molar-refractivity contribution in [2.24, 2.45) is 0 Å². The van der Waals surface area contributed by atoms with Gasteiger partial charge in [-0.05, 0) is 24.3 Å². The first-order valence-corrected chi connectivity index (χ1v) is 7.27. The Kier molecular flexibility index (Phi) is 5.37. The van der Waals surface area contributed by atoms with Crippen LogP contribution >= 0.6 is 46.4 Å². The Morgan fingerprint density at radius 3 is 1.42 bits per heavy atom. The van der Waals surface area contributed by atoms with Crippen molar-refractivity contribution in [3.63, 3.8) is 0 Å². The summed E-state index contributed by atoms with van der Waals surface area (Å²) in [6.07, 6.45) is 0. The highest BCUT2D eigenvalue weighted by molar-refractivity contribution is 6.42. The van der Waals surface area contributed by atoms with Gasteiger partial charge in [0.05, 0.1) is 20.1 Å². The molecule has 1 nitrogen and oxygen atoms in total. The Morgan fingerprint density at radius 1 is 0.632 bits per heavy atom. The summed E-state index contributed by atoms with van der Waals surface area (Å²) in [6, 6.07) is 11.3. The smallest absolute Gasteiger partial charge is 0.102 e. The van der Waals surface area contributed by atoms with Crippen LogP contribution in [0.15, 0.2) is 36.4 Å². The minimum Gasteiger partial charge on any atom is -0.339 e. The summed E-state index contributed by atoms with van der Waals surface area (Å²) in [4.78, 5) is 0. The van der Waals surface area contributed by atoms with Gasteiger partial charge in [0, 0.05) is 11.1 Å².